The summed E-state index contributed by atoms with van der Waals surface area (Å²) >= 11 is 0. The molecule has 4 atom stereocenters. The topological polar surface area (TPSA) is 333 Å². The summed E-state index contributed by atoms with van der Waals surface area (Å²) in [4.78, 5) is 85.8. The van der Waals surface area contributed by atoms with Crippen LogP contribution in [0.3, 0.4) is 0 Å². The van der Waals surface area contributed by atoms with Gasteiger partial charge >= 0.3 is 17.9 Å². The number of nitrogens with one attached hydrogen (secondary N) is 3. The Morgan fingerprint density at radius 2 is 1.24 bits per heavy atom. The molecule has 0 saturated heterocycles. The Morgan fingerprint density at radius 1 is 0.703 bits per heavy atom. The number of nitrogens with zero attached hydrogens (tertiary/aromatic N) is 1. The molecule has 4 unspecified atom stereocenters. The molecule has 0 aromatic rings. The van der Waals surface area contributed by atoms with Crippen LogP contribution in [0.15, 0.2) is 4.99 Å². The maximum absolute atomic E-state index is 12.9. The summed E-state index contributed by atoms with van der Waals surface area (Å²) in [6.07, 6.45) is -2.61. The lowest BCUT2D eigenvalue weighted by Gasteiger charge is -2.24. The molecule has 0 aliphatic rings. The van der Waals surface area contributed by atoms with Crippen molar-refractivity contribution in [2.75, 3.05) is 6.54 Å². The molecular formula is C19H32N8O10. The number of guanidine groups is 1. The number of nitrogens with two attached hydrogens (primary N) is 4. The van der Waals surface area contributed by atoms with Crippen molar-refractivity contribution < 1.29 is 48.9 Å². The van der Waals surface area contributed by atoms with Gasteiger partial charge in [0.1, 0.15) is 18.1 Å². The van der Waals surface area contributed by atoms with E-state index in [1.165, 1.54) is 0 Å². The van der Waals surface area contributed by atoms with Crippen LogP contribution in [0.4, 0.5) is 0 Å². The molecule has 0 bridgehead atoms. The molecular weight excluding hydrogens is 500 g/mol. The summed E-state index contributed by atoms with van der Waals surface area (Å²) in [6.45, 7) is 0.0399. The van der Waals surface area contributed by atoms with Crippen molar-refractivity contribution >= 4 is 47.5 Å². The van der Waals surface area contributed by atoms with Gasteiger partial charge in [-0.25, -0.2) is 4.79 Å². The second-order valence-corrected chi connectivity index (χ2v) is 7.78. The number of rotatable bonds is 18. The molecule has 0 aliphatic carbocycles. The minimum Gasteiger partial charge on any atom is -0.481 e. The third kappa shape index (κ3) is 14.5. The van der Waals surface area contributed by atoms with Crippen molar-refractivity contribution in [1.82, 2.24) is 16.0 Å². The average molecular weight is 533 g/mol. The summed E-state index contributed by atoms with van der Waals surface area (Å²) in [6, 6.07) is -6.28. The molecule has 0 rings (SSSR count). The zero-order valence-electron chi connectivity index (χ0n) is 19.7. The molecule has 18 heteroatoms. The zero-order chi connectivity index (χ0) is 28.7. The number of carbonyl (C=O) groups excluding carboxylic acids is 4. The van der Waals surface area contributed by atoms with E-state index in [4.69, 9.17) is 33.1 Å². The average Bonchev–Trinajstić information content (AvgIpc) is 2.76. The number of hydrogen-bond donors (Lipinski definition) is 10. The van der Waals surface area contributed by atoms with Gasteiger partial charge in [-0.15, -0.1) is 0 Å². The number of aliphatic carboxylic acids is 3. The van der Waals surface area contributed by atoms with E-state index in [0.29, 0.717) is 0 Å². The lowest BCUT2D eigenvalue weighted by Crippen LogP contribution is -2.57. The van der Waals surface area contributed by atoms with Gasteiger partial charge in [-0.3, -0.25) is 33.8 Å². The molecule has 208 valence electrons. The number of amides is 4. The molecule has 0 aromatic heterocycles. The van der Waals surface area contributed by atoms with Gasteiger partial charge in [0.15, 0.2) is 5.96 Å². The summed E-state index contributed by atoms with van der Waals surface area (Å²) in [5.74, 6) is -8.76. The number of primary amides is 1. The van der Waals surface area contributed by atoms with Crippen molar-refractivity contribution in [3.63, 3.8) is 0 Å². The van der Waals surface area contributed by atoms with Gasteiger partial charge in [0.25, 0.3) is 0 Å². The minimum absolute atomic E-state index is 0.0399. The monoisotopic (exact) mass is 532 g/mol. The minimum atomic E-state index is -1.80. The van der Waals surface area contributed by atoms with Crippen LogP contribution in [0.25, 0.3) is 0 Å². The van der Waals surface area contributed by atoms with E-state index in [9.17, 15) is 38.7 Å². The Hall–Kier alpha value is -4.48. The molecule has 4 amide bonds. The van der Waals surface area contributed by atoms with Crippen LogP contribution in [0.1, 0.15) is 38.5 Å². The SMILES string of the molecule is NC(=O)CC(N)C(=O)NC(CCCN=C(N)N)C(=O)NC(CC(=O)O)C(=O)NC(CCC(=O)O)C(=O)O. The second kappa shape index (κ2) is 16.2. The first-order valence-electron chi connectivity index (χ1n) is 10.8. The Balaban J connectivity index is 5.66. The van der Waals surface area contributed by atoms with E-state index in [-0.39, 0.29) is 25.3 Å². The number of aliphatic imine (C=N–C) groups is 1. The highest BCUT2D eigenvalue weighted by Gasteiger charge is 2.31. The van der Waals surface area contributed by atoms with Crippen molar-refractivity contribution in [2.45, 2.75) is 62.7 Å². The van der Waals surface area contributed by atoms with E-state index < -0.39 is 91.4 Å². The van der Waals surface area contributed by atoms with Crippen LogP contribution < -0.4 is 38.9 Å². The lowest BCUT2D eigenvalue weighted by atomic mass is 10.1. The van der Waals surface area contributed by atoms with E-state index >= 15 is 0 Å². The van der Waals surface area contributed by atoms with E-state index in [2.05, 4.69) is 15.6 Å². The highest BCUT2D eigenvalue weighted by Crippen LogP contribution is 2.05. The first kappa shape index (κ1) is 32.5. The fraction of sp³-hybridized carbons (Fsp3) is 0.579. The zero-order valence-corrected chi connectivity index (χ0v) is 19.7. The van der Waals surface area contributed by atoms with Gasteiger partial charge < -0.3 is 54.2 Å². The molecule has 0 heterocycles. The molecule has 14 N–H and O–H groups in total. The number of carboxylic acids is 3. The first-order chi connectivity index (χ1) is 17.1. The van der Waals surface area contributed by atoms with Crippen LogP contribution in [0.2, 0.25) is 0 Å². The molecule has 0 fully saturated rings. The van der Waals surface area contributed by atoms with Gasteiger partial charge in [-0.1, -0.05) is 0 Å². The van der Waals surface area contributed by atoms with Gasteiger partial charge in [0.2, 0.25) is 23.6 Å². The van der Waals surface area contributed by atoms with Crippen LogP contribution in [0.5, 0.6) is 0 Å². The third-order valence-corrected chi connectivity index (χ3v) is 4.61. The largest absolute Gasteiger partial charge is 0.481 e. The molecule has 0 aromatic carbocycles. The molecule has 0 saturated carbocycles. The smallest absolute Gasteiger partial charge is 0.326 e. The summed E-state index contributed by atoms with van der Waals surface area (Å²) in [7, 11) is 0. The van der Waals surface area contributed by atoms with Crippen molar-refractivity contribution in [3.05, 3.63) is 0 Å². The maximum atomic E-state index is 12.9. The standard InChI is InChI=1S/C19H32N8O10/c20-8(6-12(21)28)15(33)25-9(2-1-5-24-19(22)23)16(34)27-11(7-14(31)32)17(35)26-10(18(36)37)3-4-13(29)30/h8-11H,1-7,20H2,(H2,21,28)(H,25,33)(H,26,35)(H,27,34)(H,29,30)(H,31,32)(H,36,37)(H4,22,23,24). The Labute approximate surface area is 210 Å². The molecule has 0 aliphatic heterocycles. The molecule has 0 radical (unpaired) electrons. The highest BCUT2D eigenvalue weighted by molar-refractivity contribution is 5.96. The molecule has 0 spiro atoms. The Morgan fingerprint density at radius 3 is 1.73 bits per heavy atom. The maximum Gasteiger partial charge on any atom is 0.326 e. The van der Waals surface area contributed by atoms with Gasteiger partial charge in [0.05, 0.1) is 18.9 Å². The predicted octanol–water partition coefficient (Wildman–Crippen LogP) is -4.88. The number of hydrogen-bond acceptors (Lipinski definition) is 9. The van der Waals surface area contributed by atoms with Crippen LogP contribution in [0, 0.1) is 0 Å². The Bertz CT molecular complexity index is 905. The van der Waals surface area contributed by atoms with Gasteiger partial charge in [-0.05, 0) is 19.3 Å². The number of carboxylic acid groups (broad SMARTS) is 3. The van der Waals surface area contributed by atoms with Gasteiger partial charge in [0, 0.05) is 13.0 Å². The quantitative estimate of drug-likeness (QED) is 0.0450. The third-order valence-electron chi connectivity index (χ3n) is 4.61. The fourth-order valence-corrected chi connectivity index (χ4v) is 2.81. The molecule has 18 nitrogen and oxygen atoms in total. The summed E-state index contributed by atoms with van der Waals surface area (Å²) < 4.78 is 0. The fourth-order valence-electron chi connectivity index (χ4n) is 2.81. The highest BCUT2D eigenvalue weighted by atomic mass is 16.4. The number of carbonyl (C=O) groups is 7. The normalized spacial score (nSPS) is 13.6. The van der Waals surface area contributed by atoms with E-state index in [1.54, 1.807) is 0 Å². The van der Waals surface area contributed by atoms with E-state index in [0.717, 1.165) is 0 Å². The first-order valence-corrected chi connectivity index (χ1v) is 10.8. The van der Waals surface area contributed by atoms with Crippen LogP contribution in [-0.2, 0) is 33.6 Å². The summed E-state index contributed by atoms with van der Waals surface area (Å²) in [5.41, 5.74) is 21.0. The molecule has 37 heavy (non-hydrogen) atoms. The Kier molecular flexibility index (Phi) is 14.3. The van der Waals surface area contributed by atoms with Crippen LogP contribution >= 0.6 is 0 Å². The second-order valence-electron chi connectivity index (χ2n) is 7.78. The van der Waals surface area contributed by atoms with Crippen molar-refractivity contribution in [3.8, 4) is 0 Å². The van der Waals surface area contributed by atoms with E-state index in [1.807, 2.05) is 5.32 Å². The van der Waals surface area contributed by atoms with Gasteiger partial charge in [-0.2, -0.15) is 0 Å². The predicted molar refractivity (Wildman–Crippen MR) is 124 cm³/mol. The van der Waals surface area contributed by atoms with Crippen molar-refractivity contribution in [1.29, 1.82) is 0 Å². The van der Waals surface area contributed by atoms with Crippen LogP contribution in [-0.4, -0.2) is 93.5 Å². The summed E-state index contributed by atoms with van der Waals surface area (Å²) in [5, 5.41) is 33.4. The van der Waals surface area contributed by atoms with Crippen molar-refractivity contribution in [2.24, 2.45) is 27.9 Å². The lowest BCUT2D eigenvalue weighted by molar-refractivity contribution is -0.144.